The average Bonchev–Trinajstić information content (AvgIpc) is 2.74. The summed E-state index contributed by atoms with van der Waals surface area (Å²) in [7, 11) is 0. The van der Waals surface area contributed by atoms with E-state index in [0.717, 1.165) is 18.1 Å². The molecule has 0 atom stereocenters. The Kier molecular flexibility index (Phi) is 7.30. The number of carbonyl (C=O) groups excluding carboxylic acids is 1. The Labute approximate surface area is 180 Å². The largest absolute Gasteiger partial charge is 0.416 e. The standard InChI is InChI=1S/C23H27F3N4O/c1-16(2)9-12-27-22(31)20-7-8-21(29-28-20)30-13-10-17(11-14-30)15-18-5-3-4-6-19(18)23(24,25)26/h3-8,15-16H,9-14H2,1-2H3,(H,27,31). The minimum atomic E-state index is -4.37. The highest BCUT2D eigenvalue weighted by Crippen LogP contribution is 2.33. The van der Waals surface area contributed by atoms with Crippen molar-refractivity contribution in [2.75, 3.05) is 24.5 Å². The third kappa shape index (κ3) is 6.29. The molecule has 31 heavy (non-hydrogen) atoms. The fourth-order valence-electron chi connectivity index (χ4n) is 3.45. The Morgan fingerprint density at radius 3 is 2.45 bits per heavy atom. The molecule has 166 valence electrons. The normalized spacial score (nSPS) is 14.6. The van der Waals surface area contributed by atoms with Crippen molar-refractivity contribution in [3.8, 4) is 0 Å². The van der Waals surface area contributed by atoms with E-state index in [0.29, 0.717) is 44.2 Å². The van der Waals surface area contributed by atoms with Crippen LogP contribution in [0.5, 0.6) is 0 Å². The maximum absolute atomic E-state index is 13.2. The lowest BCUT2D eigenvalue weighted by Gasteiger charge is -2.29. The summed E-state index contributed by atoms with van der Waals surface area (Å²) in [6.45, 7) is 6.05. The van der Waals surface area contributed by atoms with Gasteiger partial charge in [0.1, 0.15) is 0 Å². The van der Waals surface area contributed by atoms with Crippen LogP contribution in [0.25, 0.3) is 6.08 Å². The molecule has 1 amide bonds. The molecule has 1 saturated heterocycles. The van der Waals surface area contributed by atoms with Crippen molar-refractivity contribution in [1.29, 1.82) is 0 Å². The molecule has 0 saturated carbocycles. The molecule has 1 aromatic heterocycles. The Bertz CT molecular complexity index is 913. The first kappa shape index (κ1) is 22.8. The van der Waals surface area contributed by atoms with Gasteiger partial charge in [-0.2, -0.15) is 13.2 Å². The Morgan fingerprint density at radius 2 is 1.84 bits per heavy atom. The Hall–Kier alpha value is -2.90. The second-order valence-electron chi connectivity index (χ2n) is 8.09. The fraction of sp³-hybridized carbons (Fsp3) is 0.435. The minimum absolute atomic E-state index is 0.200. The Balaban J connectivity index is 1.59. The van der Waals surface area contributed by atoms with Gasteiger partial charge >= 0.3 is 6.18 Å². The summed E-state index contributed by atoms with van der Waals surface area (Å²) in [4.78, 5) is 14.1. The lowest BCUT2D eigenvalue weighted by molar-refractivity contribution is -0.137. The van der Waals surface area contributed by atoms with Crippen LogP contribution in [-0.4, -0.2) is 35.7 Å². The highest BCUT2D eigenvalue weighted by Gasteiger charge is 2.32. The number of piperidine rings is 1. The van der Waals surface area contributed by atoms with Crippen LogP contribution in [0.15, 0.2) is 42.0 Å². The van der Waals surface area contributed by atoms with Gasteiger partial charge in [-0.3, -0.25) is 4.79 Å². The zero-order valence-corrected chi connectivity index (χ0v) is 17.7. The molecule has 1 fully saturated rings. The van der Waals surface area contributed by atoms with Crippen LogP contribution < -0.4 is 10.2 Å². The molecule has 0 unspecified atom stereocenters. The van der Waals surface area contributed by atoms with E-state index in [1.807, 2.05) is 4.90 Å². The third-order valence-electron chi connectivity index (χ3n) is 5.25. The van der Waals surface area contributed by atoms with Crippen molar-refractivity contribution in [2.24, 2.45) is 5.92 Å². The van der Waals surface area contributed by atoms with Gasteiger partial charge in [-0.25, -0.2) is 0 Å². The Morgan fingerprint density at radius 1 is 1.13 bits per heavy atom. The summed E-state index contributed by atoms with van der Waals surface area (Å²) in [5.41, 5.74) is 0.833. The van der Waals surface area contributed by atoms with Gasteiger partial charge < -0.3 is 10.2 Å². The van der Waals surface area contributed by atoms with E-state index in [4.69, 9.17) is 0 Å². The van der Waals surface area contributed by atoms with E-state index in [1.54, 1.807) is 24.3 Å². The molecule has 3 rings (SSSR count). The van der Waals surface area contributed by atoms with E-state index in [1.165, 1.54) is 12.1 Å². The molecule has 1 aliphatic rings. The average molecular weight is 432 g/mol. The van der Waals surface area contributed by atoms with Gasteiger partial charge in [-0.1, -0.05) is 43.7 Å². The second kappa shape index (κ2) is 9.94. The van der Waals surface area contributed by atoms with Gasteiger partial charge in [0.05, 0.1) is 5.56 Å². The first-order chi connectivity index (χ1) is 14.7. The van der Waals surface area contributed by atoms with E-state index in [2.05, 4.69) is 29.4 Å². The molecule has 1 aromatic carbocycles. The number of aromatic nitrogens is 2. The zero-order valence-electron chi connectivity index (χ0n) is 17.7. The van der Waals surface area contributed by atoms with Gasteiger partial charge in [0.2, 0.25) is 0 Å². The first-order valence-electron chi connectivity index (χ1n) is 10.5. The maximum Gasteiger partial charge on any atom is 0.416 e. The SMILES string of the molecule is CC(C)CCNC(=O)c1ccc(N2CCC(=Cc3ccccc3C(F)(F)F)CC2)nn1. The molecule has 0 spiro atoms. The van der Waals surface area contributed by atoms with Gasteiger partial charge in [0.15, 0.2) is 11.5 Å². The summed E-state index contributed by atoms with van der Waals surface area (Å²) >= 11 is 0. The molecule has 5 nitrogen and oxygen atoms in total. The van der Waals surface area contributed by atoms with Crippen molar-refractivity contribution >= 4 is 17.8 Å². The lowest BCUT2D eigenvalue weighted by Crippen LogP contribution is -2.32. The summed E-state index contributed by atoms with van der Waals surface area (Å²) in [6, 6.07) is 9.04. The molecular formula is C23H27F3N4O. The number of alkyl halides is 3. The summed E-state index contributed by atoms with van der Waals surface area (Å²) in [5.74, 6) is 0.925. The number of amides is 1. The fourth-order valence-corrected chi connectivity index (χ4v) is 3.45. The van der Waals surface area contributed by atoms with Crippen molar-refractivity contribution < 1.29 is 18.0 Å². The predicted octanol–water partition coefficient (Wildman–Crippen LogP) is 4.96. The van der Waals surface area contributed by atoms with Crippen LogP contribution in [-0.2, 0) is 6.18 Å². The molecule has 0 radical (unpaired) electrons. The smallest absolute Gasteiger partial charge is 0.354 e. The van der Waals surface area contributed by atoms with E-state index >= 15 is 0 Å². The number of hydrogen-bond donors (Lipinski definition) is 1. The van der Waals surface area contributed by atoms with Crippen molar-refractivity contribution in [1.82, 2.24) is 15.5 Å². The molecule has 8 heteroatoms. The number of anilines is 1. The third-order valence-corrected chi connectivity index (χ3v) is 5.25. The number of hydrogen-bond acceptors (Lipinski definition) is 4. The molecule has 0 aliphatic carbocycles. The number of nitrogens with one attached hydrogen (secondary N) is 1. The van der Waals surface area contributed by atoms with Crippen LogP contribution >= 0.6 is 0 Å². The molecule has 0 bridgehead atoms. The maximum atomic E-state index is 13.2. The number of carbonyl (C=O) groups is 1. The van der Waals surface area contributed by atoms with E-state index < -0.39 is 11.7 Å². The zero-order chi connectivity index (χ0) is 22.4. The highest BCUT2D eigenvalue weighted by atomic mass is 19.4. The number of rotatable bonds is 6. The van der Waals surface area contributed by atoms with Gasteiger partial charge in [-0.15, -0.1) is 10.2 Å². The van der Waals surface area contributed by atoms with Crippen molar-refractivity contribution in [3.05, 3.63) is 58.8 Å². The summed E-state index contributed by atoms with van der Waals surface area (Å²) in [6.07, 6.45) is -0.534. The van der Waals surface area contributed by atoms with Crippen LogP contribution in [0.1, 0.15) is 54.7 Å². The second-order valence-corrected chi connectivity index (χ2v) is 8.09. The number of halogens is 3. The molecular weight excluding hydrogens is 405 g/mol. The quantitative estimate of drug-likeness (QED) is 0.701. The van der Waals surface area contributed by atoms with Crippen LogP contribution in [0.4, 0.5) is 19.0 Å². The van der Waals surface area contributed by atoms with E-state index in [-0.39, 0.29) is 17.2 Å². The van der Waals surface area contributed by atoms with Crippen LogP contribution in [0.2, 0.25) is 0 Å². The summed E-state index contributed by atoms with van der Waals surface area (Å²) < 4.78 is 39.6. The van der Waals surface area contributed by atoms with Crippen molar-refractivity contribution in [3.63, 3.8) is 0 Å². The topological polar surface area (TPSA) is 58.1 Å². The van der Waals surface area contributed by atoms with Crippen LogP contribution in [0, 0.1) is 5.92 Å². The predicted molar refractivity (Wildman–Crippen MR) is 115 cm³/mol. The summed E-state index contributed by atoms with van der Waals surface area (Å²) in [5, 5.41) is 11.0. The van der Waals surface area contributed by atoms with Gasteiger partial charge in [0, 0.05) is 19.6 Å². The van der Waals surface area contributed by atoms with Gasteiger partial charge in [0.25, 0.3) is 5.91 Å². The molecule has 2 heterocycles. The van der Waals surface area contributed by atoms with Crippen molar-refractivity contribution in [2.45, 2.75) is 39.3 Å². The van der Waals surface area contributed by atoms with Crippen LogP contribution in [0.3, 0.4) is 0 Å². The number of benzene rings is 1. The monoisotopic (exact) mass is 432 g/mol. The molecule has 1 N–H and O–H groups in total. The highest BCUT2D eigenvalue weighted by molar-refractivity contribution is 5.92. The minimum Gasteiger partial charge on any atom is -0.354 e. The molecule has 1 aliphatic heterocycles. The molecule has 2 aromatic rings. The lowest BCUT2D eigenvalue weighted by atomic mass is 9.98. The first-order valence-corrected chi connectivity index (χ1v) is 10.5. The van der Waals surface area contributed by atoms with Gasteiger partial charge in [-0.05, 0) is 48.9 Å². The van der Waals surface area contributed by atoms with E-state index in [9.17, 15) is 18.0 Å². The number of nitrogens with zero attached hydrogens (tertiary/aromatic N) is 3.